The Bertz CT molecular complexity index is 1060. The van der Waals surface area contributed by atoms with E-state index >= 15 is 0 Å². The van der Waals surface area contributed by atoms with Gasteiger partial charge in [-0.1, -0.05) is 22.0 Å². The number of rotatable bonds is 4. The molecule has 2 N–H and O–H groups in total. The first-order valence-electron chi connectivity index (χ1n) is 7.05. The molecule has 0 aliphatic heterocycles. The fourth-order valence-electron chi connectivity index (χ4n) is 2.20. The summed E-state index contributed by atoms with van der Waals surface area (Å²) in [4.78, 5) is 22.2. The molecule has 0 aliphatic rings. The van der Waals surface area contributed by atoms with Crippen molar-refractivity contribution in [2.75, 3.05) is 0 Å². The average molecular weight is 530 g/mol. The zero-order valence-electron chi connectivity index (χ0n) is 12.8. The molecule has 0 fully saturated rings. The third-order valence-corrected chi connectivity index (χ3v) is 4.63. The number of carbonyl (C=O) groups is 1. The van der Waals surface area contributed by atoms with Crippen LogP contribution in [0.3, 0.4) is 0 Å². The van der Waals surface area contributed by atoms with Crippen LogP contribution in [0.25, 0.3) is 11.0 Å². The van der Waals surface area contributed by atoms with Crippen LogP contribution in [0.2, 0.25) is 0 Å². The third-order valence-electron chi connectivity index (χ3n) is 3.37. The fourth-order valence-corrected chi connectivity index (χ4v) is 3.86. The van der Waals surface area contributed by atoms with E-state index in [1.165, 1.54) is 18.2 Å². The number of nitrogens with one attached hydrogen (secondary N) is 1. The Morgan fingerprint density at radius 2 is 2.15 bits per heavy atom. The average Bonchev–Trinajstić information content (AvgIpc) is 3.00. The quantitative estimate of drug-likeness (QED) is 0.227. The molecule has 3 aromatic rings. The number of nitro groups is 1. The van der Waals surface area contributed by atoms with Crippen molar-refractivity contribution in [2.45, 2.75) is 0 Å². The van der Waals surface area contributed by atoms with E-state index in [2.05, 4.69) is 49.0 Å². The summed E-state index contributed by atoms with van der Waals surface area (Å²) < 4.78 is 7.25. The summed E-state index contributed by atoms with van der Waals surface area (Å²) in [7, 11) is 0. The second-order valence-corrected chi connectivity index (χ2v) is 7.17. The highest BCUT2D eigenvalue weighted by atomic mass is 127. The van der Waals surface area contributed by atoms with Crippen molar-refractivity contribution in [1.29, 1.82) is 0 Å². The van der Waals surface area contributed by atoms with Crippen LogP contribution in [0.15, 0.2) is 50.4 Å². The molecule has 3 rings (SSSR count). The van der Waals surface area contributed by atoms with Crippen LogP contribution in [-0.4, -0.2) is 22.2 Å². The molecule has 0 saturated heterocycles. The highest BCUT2D eigenvalue weighted by Crippen LogP contribution is 2.29. The summed E-state index contributed by atoms with van der Waals surface area (Å²) in [5, 5.41) is 25.1. The number of phenolic OH excluding ortho intramolecular Hbond substituents is 1. The van der Waals surface area contributed by atoms with E-state index in [9.17, 15) is 20.0 Å². The SMILES string of the molecule is O=C(N/N=C\c1cccc([N+](=O)[O-])c1O)c1cc2cc(Br)cc(I)c2o1. The Labute approximate surface area is 168 Å². The van der Waals surface area contributed by atoms with Crippen molar-refractivity contribution < 1.29 is 19.2 Å². The largest absolute Gasteiger partial charge is 0.502 e. The van der Waals surface area contributed by atoms with Crippen LogP contribution in [0, 0.1) is 13.7 Å². The summed E-state index contributed by atoms with van der Waals surface area (Å²) in [6, 6.07) is 9.26. The molecule has 8 nitrogen and oxygen atoms in total. The van der Waals surface area contributed by atoms with Gasteiger partial charge in [0, 0.05) is 21.5 Å². The Morgan fingerprint density at radius 1 is 1.38 bits per heavy atom. The molecule has 10 heteroatoms. The maximum absolute atomic E-state index is 12.2. The van der Waals surface area contributed by atoms with Crippen molar-refractivity contribution in [3.63, 3.8) is 0 Å². The number of carbonyl (C=O) groups excluding carboxylic acids is 1. The van der Waals surface area contributed by atoms with E-state index in [4.69, 9.17) is 4.42 Å². The lowest BCUT2D eigenvalue weighted by Crippen LogP contribution is -2.16. The number of nitro benzene ring substituents is 1. The van der Waals surface area contributed by atoms with Crippen LogP contribution in [-0.2, 0) is 0 Å². The van der Waals surface area contributed by atoms with E-state index < -0.39 is 22.3 Å². The van der Waals surface area contributed by atoms with Crippen molar-refractivity contribution in [3.05, 3.63) is 65.9 Å². The molecule has 1 heterocycles. The monoisotopic (exact) mass is 529 g/mol. The number of phenols is 1. The van der Waals surface area contributed by atoms with Gasteiger partial charge in [0.1, 0.15) is 5.58 Å². The maximum atomic E-state index is 12.2. The molecule has 26 heavy (non-hydrogen) atoms. The number of benzene rings is 2. The number of halogens is 2. The molecular formula is C16H9BrIN3O5. The van der Waals surface area contributed by atoms with E-state index in [-0.39, 0.29) is 11.3 Å². The molecule has 0 bridgehead atoms. The topological polar surface area (TPSA) is 118 Å². The maximum Gasteiger partial charge on any atom is 0.311 e. The van der Waals surface area contributed by atoms with Gasteiger partial charge in [-0.15, -0.1) is 0 Å². The number of para-hydroxylation sites is 1. The predicted molar refractivity (Wildman–Crippen MR) is 106 cm³/mol. The van der Waals surface area contributed by atoms with Crippen LogP contribution in [0.4, 0.5) is 5.69 Å². The van der Waals surface area contributed by atoms with Gasteiger partial charge in [-0.05, 0) is 46.9 Å². The van der Waals surface area contributed by atoms with E-state index in [1.807, 2.05) is 12.1 Å². The van der Waals surface area contributed by atoms with Gasteiger partial charge in [0.05, 0.1) is 14.7 Å². The summed E-state index contributed by atoms with van der Waals surface area (Å²) in [5.41, 5.74) is 2.50. The summed E-state index contributed by atoms with van der Waals surface area (Å²) >= 11 is 5.48. The fraction of sp³-hybridized carbons (Fsp3) is 0. The summed E-state index contributed by atoms with van der Waals surface area (Å²) in [6.45, 7) is 0. The molecule has 0 radical (unpaired) electrons. The molecule has 132 valence electrons. The molecule has 0 saturated carbocycles. The molecule has 1 amide bonds. The highest BCUT2D eigenvalue weighted by molar-refractivity contribution is 14.1. The first kappa shape index (κ1) is 18.3. The molecular weight excluding hydrogens is 521 g/mol. The lowest BCUT2D eigenvalue weighted by Gasteiger charge is -1.99. The van der Waals surface area contributed by atoms with Crippen molar-refractivity contribution in [1.82, 2.24) is 5.43 Å². The lowest BCUT2D eigenvalue weighted by atomic mass is 10.2. The molecule has 0 aliphatic carbocycles. The second-order valence-electron chi connectivity index (χ2n) is 5.09. The van der Waals surface area contributed by atoms with Crippen LogP contribution in [0.5, 0.6) is 5.75 Å². The van der Waals surface area contributed by atoms with Gasteiger partial charge in [-0.3, -0.25) is 14.9 Å². The van der Waals surface area contributed by atoms with Crippen LogP contribution >= 0.6 is 38.5 Å². The summed E-state index contributed by atoms with van der Waals surface area (Å²) in [5.74, 6) is -1.05. The second kappa shape index (κ2) is 7.41. The van der Waals surface area contributed by atoms with Gasteiger partial charge in [0.25, 0.3) is 0 Å². The van der Waals surface area contributed by atoms with Gasteiger partial charge in [-0.25, -0.2) is 5.43 Å². The van der Waals surface area contributed by atoms with Gasteiger partial charge in [0.2, 0.25) is 5.75 Å². The summed E-state index contributed by atoms with van der Waals surface area (Å²) in [6.07, 6.45) is 1.11. The Balaban J connectivity index is 1.79. The van der Waals surface area contributed by atoms with Gasteiger partial charge < -0.3 is 9.52 Å². The van der Waals surface area contributed by atoms with Crippen LogP contribution in [0.1, 0.15) is 16.1 Å². The third kappa shape index (κ3) is 3.70. The number of fused-ring (bicyclic) bond motifs is 1. The predicted octanol–water partition coefficient (Wildman–Crippen LogP) is 4.18. The van der Waals surface area contributed by atoms with Crippen LogP contribution < -0.4 is 5.43 Å². The van der Waals surface area contributed by atoms with E-state index in [0.29, 0.717) is 5.58 Å². The number of hydrogen-bond acceptors (Lipinski definition) is 6. The Morgan fingerprint density at radius 3 is 2.88 bits per heavy atom. The van der Waals surface area contributed by atoms with Crippen molar-refractivity contribution in [2.24, 2.45) is 5.10 Å². The van der Waals surface area contributed by atoms with Crippen molar-refractivity contribution in [3.8, 4) is 5.75 Å². The number of hydrogen-bond donors (Lipinski definition) is 2. The normalized spacial score (nSPS) is 11.2. The number of hydrazone groups is 1. The zero-order valence-corrected chi connectivity index (χ0v) is 16.5. The number of nitrogens with zero attached hydrogens (tertiary/aromatic N) is 2. The van der Waals surface area contributed by atoms with E-state index in [1.54, 1.807) is 6.07 Å². The molecule has 1 aromatic heterocycles. The standard InChI is InChI=1S/C16H9BrIN3O5/c17-10-4-9-5-13(26-15(9)11(18)6-10)16(23)20-19-7-8-2-1-3-12(14(8)22)21(24)25/h1-7,22H,(H,20,23)/b19-7-. The Kier molecular flexibility index (Phi) is 5.23. The molecule has 2 aromatic carbocycles. The van der Waals surface area contributed by atoms with Gasteiger partial charge in [0.15, 0.2) is 5.76 Å². The lowest BCUT2D eigenvalue weighted by molar-refractivity contribution is -0.385. The first-order valence-corrected chi connectivity index (χ1v) is 8.92. The number of furan rings is 1. The molecule has 0 spiro atoms. The molecule has 0 unspecified atom stereocenters. The van der Waals surface area contributed by atoms with Crippen molar-refractivity contribution >= 4 is 67.3 Å². The smallest absolute Gasteiger partial charge is 0.311 e. The Hall–Kier alpha value is -2.47. The molecule has 0 atom stereocenters. The minimum Gasteiger partial charge on any atom is -0.502 e. The number of aromatic hydroxyl groups is 1. The minimum atomic E-state index is -0.709. The number of amides is 1. The highest BCUT2D eigenvalue weighted by Gasteiger charge is 2.16. The van der Waals surface area contributed by atoms with Gasteiger partial charge in [-0.2, -0.15) is 5.10 Å². The first-order chi connectivity index (χ1) is 12.4. The minimum absolute atomic E-state index is 0.0661. The zero-order chi connectivity index (χ0) is 18.8. The van der Waals surface area contributed by atoms with Gasteiger partial charge >= 0.3 is 11.6 Å². The van der Waals surface area contributed by atoms with E-state index in [0.717, 1.165) is 19.6 Å².